The van der Waals surface area contributed by atoms with Crippen LogP contribution in [-0.4, -0.2) is 28.1 Å². The number of rotatable bonds is 9. The van der Waals surface area contributed by atoms with E-state index in [4.69, 9.17) is 19.4 Å². The monoisotopic (exact) mass is 452 g/mol. The average molecular weight is 452 g/mol. The van der Waals surface area contributed by atoms with Gasteiger partial charge in [0.15, 0.2) is 0 Å². The molecule has 0 saturated heterocycles. The molecule has 1 aromatic rings. The molecule has 0 aromatic carbocycles. The van der Waals surface area contributed by atoms with Gasteiger partial charge in [-0.05, 0) is 19.3 Å². The van der Waals surface area contributed by atoms with Gasteiger partial charge in [-0.1, -0.05) is 20.8 Å². The molecule has 0 spiro atoms. The molecule has 1 heterocycles. The Bertz CT molecular complexity index is 369. The fraction of sp³-hybridized carbons (Fsp3) is 0.647. The first kappa shape index (κ1) is 22.7. The van der Waals surface area contributed by atoms with E-state index in [1.54, 1.807) is 24.7 Å². The van der Waals surface area contributed by atoms with Crippen LogP contribution in [0, 0.1) is 0 Å². The number of hydrogen-bond acceptors (Lipinski definition) is 1. The minimum absolute atomic E-state index is 0.103. The second-order valence-electron chi connectivity index (χ2n) is 5.21. The fourth-order valence-electron chi connectivity index (χ4n) is 2.26. The van der Waals surface area contributed by atoms with Gasteiger partial charge in [0.2, 0.25) is 0 Å². The summed E-state index contributed by atoms with van der Waals surface area (Å²) >= 11 is -1.56. The molecule has 130 valence electrons. The second kappa shape index (κ2) is 16.5. The van der Waals surface area contributed by atoms with Crippen molar-refractivity contribution in [1.29, 1.82) is 0 Å². The Labute approximate surface area is 151 Å². The molecule has 0 unspecified atom stereocenters. The predicted molar refractivity (Wildman–Crippen MR) is 104 cm³/mol. The van der Waals surface area contributed by atoms with Crippen LogP contribution in [0.25, 0.3) is 0 Å². The van der Waals surface area contributed by atoms with Gasteiger partial charge in [0.1, 0.15) is 0 Å². The number of halogens is 2. The van der Waals surface area contributed by atoms with Gasteiger partial charge in [-0.3, -0.25) is 0 Å². The standard InChI is InChI=1S/C9H21P.C8H9N.2ClH.Ru/c1-4-7-10(8-5-2)9-6-3;1-2-5-8-6-3-4-7-9-8;;;/h4-9H2,1-3H3;1,3-4,6-7H,2,5H2;2*1H;/q;;;;+2/p-1. The summed E-state index contributed by atoms with van der Waals surface area (Å²) in [6.07, 6.45) is 12.5. The van der Waals surface area contributed by atoms with Crippen LogP contribution in [-0.2, 0) is 19.9 Å². The first-order valence-electron chi connectivity index (χ1n) is 8.19. The Morgan fingerprint density at radius 3 is 2.05 bits per heavy atom. The first-order valence-corrected chi connectivity index (χ1v) is 15.8. The molecule has 0 saturated carbocycles. The van der Waals surface area contributed by atoms with Crippen molar-refractivity contribution in [2.75, 3.05) is 18.5 Å². The third-order valence-corrected chi connectivity index (χ3v) is 9.10. The van der Waals surface area contributed by atoms with Crippen molar-refractivity contribution in [3.63, 3.8) is 0 Å². The van der Waals surface area contributed by atoms with Gasteiger partial charge in [0.25, 0.3) is 0 Å². The van der Waals surface area contributed by atoms with Crippen LogP contribution >= 0.6 is 27.3 Å². The molecule has 1 aromatic heterocycles. The molecule has 0 N–H and O–H groups in total. The van der Waals surface area contributed by atoms with E-state index in [9.17, 15) is 0 Å². The van der Waals surface area contributed by atoms with Crippen molar-refractivity contribution < 1.29 is 13.5 Å². The summed E-state index contributed by atoms with van der Waals surface area (Å²) in [4.78, 5) is 4.19. The van der Waals surface area contributed by atoms with Gasteiger partial charge in [-0.15, -0.1) is 0 Å². The Kier molecular flexibility index (Phi) is 17.0. The Balaban J connectivity index is 0.000000409. The van der Waals surface area contributed by atoms with E-state index >= 15 is 0 Å². The molecule has 5 heteroatoms. The molecule has 22 heavy (non-hydrogen) atoms. The molecule has 0 atom stereocenters. The van der Waals surface area contributed by atoms with Crippen molar-refractivity contribution in [3.8, 4) is 0 Å². The number of hydrogen-bond donors (Lipinski definition) is 0. The van der Waals surface area contributed by atoms with Crippen LogP contribution < -0.4 is 0 Å². The number of nitrogens with zero attached hydrogens (tertiary/aromatic N) is 1. The predicted octanol–water partition coefficient (Wildman–Crippen LogP) is 6.17. The molecule has 1 nitrogen and oxygen atoms in total. The number of aryl methyl sites for hydroxylation is 1. The summed E-state index contributed by atoms with van der Waals surface area (Å²) in [7, 11) is 11.5. The topological polar surface area (TPSA) is 12.9 Å². The van der Waals surface area contributed by atoms with Crippen LogP contribution in [0.3, 0.4) is 0 Å². The quantitative estimate of drug-likeness (QED) is 0.323. The Morgan fingerprint density at radius 1 is 1.05 bits per heavy atom. The van der Waals surface area contributed by atoms with Crippen molar-refractivity contribution in [3.05, 3.63) is 30.1 Å². The summed E-state index contributed by atoms with van der Waals surface area (Å²) in [5.74, 6) is 0. The third kappa shape index (κ3) is 14.3. The number of pyridine rings is 1. The SMILES string of the molecule is CCC[PH+](CCC)CCC.[Cl][Ru]([Cl])=[CH]CCc1ccccn1. The van der Waals surface area contributed by atoms with Gasteiger partial charge in [0, 0.05) is 7.92 Å². The van der Waals surface area contributed by atoms with Crippen molar-refractivity contribution in [2.45, 2.75) is 52.9 Å². The van der Waals surface area contributed by atoms with E-state index in [0.29, 0.717) is 0 Å². The van der Waals surface area contributed by atoms with Gasteiger partial charge in [-0.25, -0.2) is 0 Å². The zero-order valence-electron chi connectivity index (χ0n) is 14.1. The van der Waals surface area contributed by atoms with E-state index in [-0.39, 0.29) is 7.92 Å². The molecule has 0 aliphatic heterocycles. The average Bonchev–Trinajstić information content (AvgIpc) is 2.49. The molecule has 0 aliphatic rings. The summed E-state index contributed by atoms with van der Waals surface area (Å²) in [5, 5.41) is 0. The zero-order chi connectivity index (χ0) is 16.6. The minimum atomic E-state index is -1.56. The van der Waals surface area contributed by atoms with Crippen LogP contribution in [0.1, 0.15) is 52.1 Å². The molecule has 0 bridgehead atoms. The van der Waals surface area contributed by atoms with E-state index in [1.165, 1.54) is 19.3 Å². The molecular formula is C17H31Cl2NPRu+. The van der Waals surface area contributed by atoms with E-state index in [0.717, 1.165) is 18.5 Å². The Morgan fingerprint density at radius 2 is 1.64 bits per heavy atom. The third-order valence-electron chi connectivity index (χ3n) is 3.15. The summed E-state index contributed by atoms with van der Waals surface area (Å²) in [6.45, 7) is 6.95. The van der Waals surface area contributed by atoms with Gasteiger partial charge in [0.05, 0.1) is 18.5 Å². The van der Waals surface area contributed by atoms with Gasteiger partial charge < -0.3 is 0 Å². The van der Waals surface area contributed by atoms with Crippen molar-refractivity contribution in [2.24, 2.45) is 0 Å². The van der Waals surface area contributed by atoms with Gasteiger partial charge in [-0.2, -0.15) is 0 Å². The summed E-state index contributed by atoms with van der Waals surface area (Å²) in [5.41, 5.74) is 1.09. The van der Waals surface area contributed by atoms with Crippen LogP contribution in [0.2, 0.25) is 0 Å². The fourth-order valence-corrected chi connectivity index (χ4v) is 6.67. The molecule has 0 radical (unpaired) electrons. The summed E-state index contributed by atoms with van der Waals surface area (Å²) in [6, 6.07) is 5.90. The zero-order valence-corrected chi connectivity index (χ0v) is 18.4. The van der Waals surface area contributed by atoms with E-state index in [2.05, 4.69) is 25.8 Å². The number of aromatic nitrogens is 1. The van der Waals surface area contributed by atoms with Crippen LogP contribution in [0.5, 0.6) is 0 Å². The normalized spacial score (nSPS) is 10.9. The Hall–Kier alpha value is 0.653. The molecule has 1 rings (SSSR count). The van der Waals surface area contributed by atoms with E-state index < -0.39 is 13.5 Å². The molecule has 0 amide bonds. The van der Waals surface area contributed by atoms with E-state index in [1.807, 2.05) is 22.8 Å². The molecular weight excluding hydrogens is 421 g/mol. The summed E-state index contributed by atoms with van der Waals surface area (Å²) < 4.78 is 2.00. The van der Waals surface area contributed by atoms with Crippen molar-refractivity contribution >= 4 is 31.9 Å². The van der Waals surface area contributed by atoms with Crippen LogP contribution in [0.4, 0.5) is 0 Å². The molecule has 0 aliphatic carbocycles. The van der Waals surface area contributed by atoms with Crippen LogP contribution in [0.15, 0.2) is 24.4 Å². The molecule has 0 fully saturated rings. The first-order chi connectivity index (χ1) is 10.6. The van der Waals surface area contributed by atoms with Gasteiger partial charge >= 0.3 is 85.4 Å². The second-order valence-corrected chi connectivity index (χ2v) is 14.1. The van der Waals surface area contributed by atoms with Crippen molar-refractivity contribution in [1.82, 2.24) is 4.98 Å². The maximum atomic E-state index is 5.68. The maximum absolute atomic E-state index is 5.68.